The molecule has 0 saturated carbocycles. The summed E-state index contributed by atoms with van der Waals surface area (Å²) in [5.41, 5.74) is 8.49. The van der Waals surface area contributed by atoms with E-state index in [1.807, 2.05) is 12.1 Å². The van der Waals surface area contributed by atoms with Crippen molar-refractivity contribution < 1.29 is 0 Å². The molecule has 1 aliphatic rings. The van der Waals surface area contributed by atoms with Gasteiger partial charge in [0.2, 0.25) is 0 Å². The molecule has 0 fully saturated rings. The third-order valence-electron chi connectivity index (χ3n) is 4.69. The van der Waals surface area contributed by atoms with E-state index >= 15 is 0 Å². The normalized spacial score (nSPS) is 14.0. The predicted octanol–water partition coefficient (Wildman–Crippen LogP) is 6.54. The van der Waals surface area contributed by atoms with E-state index in [1.165, 1.54) is 16.7 Å². The minimum absolute atomic E-state index is 1.03. The van der Waals surface area contributed by atoms with Crippen molar-refractivity contribution in [3.8, 4) is 22.5 Å². The lowest BCUT2D eigenvalue weighted by atomic mass is 9.92. The predicted molar refractivity (Wildman–Crippen MR) is 106 cm³/mol. The molecule has 25 heavy (non-hydrogen) atoms. The quantitative estimate of drug-likeness (QED) is 0.533. The topological polar surface area (TPSA) is 12.9 Å². The van der Waals surface area contributed by atoms with Crippen molar-refractivity contribution in [2.75, 3.05) is 0 Å². The summed E-state index contributed by atoms with van der Waals surface area (Å²) >= 11 is 0. The molecule has 1 nitrogen and oxygen atoms in total. The molecular formula is C24H21N. The molecule has 2 aromatic carbocycles. The van der Waals surface area contributed by atoms with Crippen LogP contribution in [0, 0.1) is 0 Å². The molecule has 1 aromatic heterocycles. The van der Waals surface area contributed by atoms with Gasteiger partial charge in [-0.1, -0.05) is 78.4 Å². The molecular weight excluding hydrogens is 302 g/mol. The number of allylic oxidation sites excluding steroid dienone is 4. The van der Waals surface area contributed by atoms with Gasteiger partial charge in [-0.3, -0.25) is 0 Å². The Hall–Kier alpha value is -2.93. The molecule has 0 aliphatic heterocycles. The Morgan fingerprint density at radius 2 is 1.20 bits per heavy atom. The molecule has 3 aromatic rings. The van der Waals surface area contributed by atoms with Gasteiger partial charge in [0.05, 0.1) is 11.4 Å². The molecule has 1 aliphatic carbocycles. The summed E-state index contributed by atoms with van der Waals surface area (Å²) in [7, 11) is 0. The van der Waals surface area contributed by atoms with Crippen LogP contribution >= 0.6 is 0 Å². The van der Waals surface area contributed by atoms with Gasteiger partial charge in [0, 0.05) is 11.1 Å². The fraction of sp³-hybridized carbons (Fsp3) is 0.125. The van der Waals surface area contributed by atoms with Crippen LogP contribution in [-0.2, 0) is 0 Å². The van der Waals surface area contributed by atoms with Gasteiger partial charge in [0.25, 0.3) is 0 Å². The molecule has 0 N–H and O–H groups in total. The van der Waals surface area contributed by atoms with Gasteiger partial charge < -0.3 is 0 Å². The minimum atomic E-state index is 1.03. The first-order chi connectivity index (χ1) is 12.3. The van der Waals surface area contributed by atoms with Crippen LogP contribution in [0.4, 0.5) is 0 Å². The van der Waals surface area contributed by atoms with E-state index in [-0.39, 0.29) is 0 Å². The summed E-state index contributed by atoms with van der Waals surface area (Å²) < 4.78 is 0. The van der Waals surface area contributed by atoms with Crippen molar-refractivity contribution >= 4 is 5.57 Å². The number of hydrogen-bond acceptors (Lipinski definition) is 1. The fourth-order valence-corrected chi connectivity index (χ4v) is 3.21. The molecule has 1 heteroatoms. The average molecular weight is 323 g/mol. The highest BCUT2D eigenvalue weighted by molar-refractivity contribution is 5.77. The lowest BCUT2D eigenvalue weighted by molar-refractivity contribution is 0.976. The maximum atomic E-state index is 4.94. The van der Waals surface area contributed by atoms with Gasteiger partial charge in [-0.15, -0.1) is 0 Å². The summed E-state index contributed by atoms with van der Waals surface area (Å²) in [5.74, 6) is 0. The number of pyridine rings is 1. The third kappa shape index (κ3) is 3.46. The Morgan fingerprint density at radius 1 is 0.640 bits per heavy atom. The summed E-state index contributed by atoms with van der Waals surface area (Å²) in [5, 5.41) is 0. The minimum Gasteiger partial charge on any atom is -0.248 e. The Kier molecular flexibility index (Phi) is 4.30. The van der Waals surface area contributed by atoms with E-state index in [1.54, 1.807) is 0 Å². The number of aromatic nitrogens is 1. The van der Waals surface area contributed by atoms with Gasteiger partial charge in [0.1, 0.15) is 0 Å². The molecule has 0 unspecified atom stereocenters. The standard InChI is InChI=1S/C24H21N/c1-18-12-14-19(15-13-18)22-16-23(20-8-4-2-5-9-20)25-24(17-22)21-10-6-3-7-11-21/h2-12,14,16-17H,13,15H2,1H3. The second-order valence-electron chi connectivity index (χ2n) is 6.56. The Morgan fingerprint density at radius 3 is 1.68 bits per heavy atom. The molecule has 0 spiro atoms. The van der Waals surface area contributed by atoms with Crippen LogP contribution < -0.4 is 0 Å². The van der Waals surface area contributed by atoms with Crippen molar-refractivity contribution in [2.45, 2.75) is 19.8 Å². The highest BCUT2D eigenvalue weighted by atomic mass is 14.7. The summed E-state index contributed by atoms with van der Waals surface area (Å²) in [6.07, 6.45) is 6.73. The van der Waals surface area contributed by atoms with Crippen molar-refractivity contribution in [3.05, 3.63) is 96.1 Å². The van der Waals surface area contributed by atoms with E-state index in [9.17, 15) is 0 Å². The van der Waals surface area contributed by atoms with Crippen LogP contribution in [0.2, 0.25) is 0 Å². The van der Waals surface area contributed by atoms with Crippen molar-refractivity contribution in [1.82, 2.24) is 4.98 Å². The van der Waals surface area contributed by atoms with Gasteiger partial charge >= 0.3 is 0 Å². The number of hydrogen-bond donors (Lipinski definition) is 0. The van der Waals surface area contributed by atoms with E-state index in [2.05, 4.69) is 79.7 Å². The molecule has 0 saturated heterocycles. The highest BCUT2D eigenvalue weighted by Crippen LogP contribution is 2.32. The molecule has 0 atom stereocenters. The first-order valence-corrected chi connectivity index (χ1v) is 8.79. The largest absolute Gasteiger partial charge is 0.248 e. The van der Waals surface area contributed by atoms with Crippen molar-refractivity contribution in [3.63, 3.8) is 0 Å². The second kappa shape index (κ2) is 6.90. The molecule has 122 valence electrons. The Labute approximate surface area is 149 Å². The van der Waals surface area contributed by atoms with Crippen molar-refractivity contribution in [1.29, 1.82) is 0 Å². The zero-order valence-corrected chi connectivity index (χ0v) is 14.4. The molecule has 0 radical (unpaired) electrons. The number of nitrogens with zero attached hydrogens (tertiary/aromatic N) is 1. The lowest BCUT2D eigenvalue weighted by Crippen LogP contribution is -1.96. The number of rotatable bonds is 3. The number of benzene rings is 2. The molecule has 0 bridgehead atoms. The summed E-state index contributed by atoms with van der Waals surface area (Å²) in [4.78, 5) is 4.94. The highest BCUT2D eigenvalue weighted by Gasteiger charge is 2.11. The van der Waals surface area contributed by atoms with Gasteiger partial charge in [-0.2, -0.15) is 0 Å². The lowest BCUT2D eigenvalue weighted by Gasteiger charge is -2.15. The second-order valence-corrected chi connectivity index (χ2v) is 6.56. The van der Waals surface area contributed by atoms with Crippen LogP contribution in [0.3, 0.4) is 0 Å². The summed E-state index contributed by atoms with van der Waals surface area (Å²) in [6.45, 7) is 2.20. The SMILES string of the molecule is CC1=CC=C(c2cc(-c3ccccc3)nc(-c3ccccc3)c2)CC1. The zero-order valence-electron chi connectivity index (χ0n) is 14.4. The molecule has 1 heterocycles. The van der Waals surface area contributed by atoms with Crippen LogP contribution in [0.1, 0.15) is 25.3 Å². The van der Waals surface area contributed by atoms with E-state index in [0.717, 1.165) is 35.4 Å². The maximum absolute atomic E-state index is 4.94. The van der Waals surface area contributed by atoms with Crippen LogP contribution in [0.5, 0.6) is 0 Å². The average Bonchev–Trinajstić information content (AvgIpc) is 2.69. The first kappa shape index (κ1) is 15.6. The Balaban J connectivity index is 1.87. The first-order valence-electron chi connectivity index (χ1n) is 8.79. The zero-order chi connectivity index (χ0) is 17.1. The van der Waals surface area contributed by atoms with E-state index < -0.39 is 0 Å². The van der Waals surface area contributed by atoms with Gasteiger partial charge in [0.15, 0.2) is 0 Å². The van der Waals surface area contributed by atoms with E-state index in [0.29, 0.717) is 0 Å². The third-order valence-corrected chi connectivity index (χ3v) is 4.69. The maximum Gasteiger partial charge on any atom is 0.0715 e. The Bertz CT molecular complexity index is 877. The van der Waals surface area contributed by atoms with Crippen LogP contribution in [-0.4, -0.2) is 4.98 Å². The summed E-state index contributed by atoms with van der Waals surface area (Å²) in [6, 6.07) is 25.3. The molecule has 4 rings (SSSR count). The van der Waals surface area contributed by atoms with E-state index in [4.69, 9.17) is 4.98 Å². The van der Waals surface area contributed by atoms with Gasteiger partial charge in [-0.05, 0) is 43.0 Å². The van der Waals surface area contributed by atoms with Crippen LogP contribution in [0.25, 0.3) is 28.1 Å². The smallest absolute Gasteiger partial charge is 0.0715 e. The monoisotopic (exact) mass is 323 g/mol. The van der Waals surface area contributed by atoms with Crippen molar-refractivity contribution in [2.24, 2.45) is 0 Å². The van der Waals surface area contributed by atoms with Crippen LogP contribution in [0.15, 0.2) is 90.5 Å². The van der Waals surface area contributed by atoms with Gasteiger partial charge in [-0.25, -0.2) is 4.98 Å². The fourth-order valence-electron chi connectivity index (χ4n) is 3.21. The molecule has 0 amide bonds.